The maximum atomic E-state index is 12.3. The standard InChI is InChI=1S/C13H17Br2NO3S/c14-10-3-4-12(11(15)7-10)20(18,19)16-8-13(9-17)5-1-2-6-13/h3-4,7,16-17H,1-2,5-6,8-9H2. The fourth-order valence-corrected chi connectivity index (χ4v) is 5.44. The Kier molecular flexibility index (Phi) is 5.29. The maximum Gasteiger partial charge on any atom is 0.241 e. The van der Waals surface area contributed by atoms with Crippen LogP contribution in [-0.4, -0.2) is 26.7 Å². The van der Waals surface area contributed by atoms with Crippen LogP contribution >= 0.6 is 31.9 Å². The molecule has 0 saturated heterocycles. The largest absolute Gasteiger partial charge is 0.396 e. The van der Waals surface area contributed by atoms with Gasteiger partial charge in [-0.1, -0.05) is 28.8 Å². The Morgan fingerprint density at radius 1 is 1.25 bits per heavy atom. The lowest BCUT2D eigenvalue weighted by atomic mass is 9.88. The van der Waals surface area contributed by atoms with Crippen LogP contribution in [0.25, 0.3) is 0 Å². The first-order chi connectivity index (χ1) is 9.38. The smallest absolute Gasteiger partial charge is 0.241 e. The van der Waals surface area contributed by atoms with Gasteiger partial charge < -0.3 is 5.11 Å². The van der Waals surface area contributed by atoms with Crippen molar-refractivity contribution < 1.29 is 13.5 Å². The first-order valence-corrected chi connectivity index (χ1v) is 9.51. The van der Waals surface area contributed by atoms with Gasteiger partial charge in [-0.15, -0.1) is 0 Å². The number of benzene rings is 1. The highest BCUT2D eigenvalue weighted by Gasteiger charge is 2.34. The van der Waals surface area contributed by atoms with E-state index in [2.05, 4.69) is 36.6 Å². The van der Waals surface area contributed by atoms with Crippen LogP contribution in [0.3, 0.4) is 0 Å². The number of aliphatic hydroxyl groups is 1. The molecule has 112 valence electrons. The van der Waals surface area contributed by atoms with Gasteiger partial charge in [0.15, 0.2) is 0 Å². The van der Waals surface area contributed by atoms with Crippen LogP contribution in [0, 0.1) is 5.41 Å². The van der Waals surface area contributed by atoms with Crippen molar-refractivity contribution in [3.8, 4) is 0 Å². The van der Waals surface area contributed by atoms with E-state index in [1.54, 1.807) is 18.2 Å². The molecule has 0 amide bonds. The monoisotopic (exact) mass is 425 g/mol. The van der Waals surface area contributed by atoms with E-state index in [4.69, 9.17) is 0 Å². The minimum Gasteiger partial charge on any atom is -0.396 e. The predicted octanol–water partition coefficient (Wildman–Crippen LogP) is 3.04. The Morgan fingerprint density at radius 3 is 2.45 bits per heavy atom. The molecule has 2 rings (SSSR count). The molecule has 1 saturated carbocycles. The number of hydrogen-bond acceptors (Lipinski definition) is 3. The molecule has 0 atom stereocenters. The zero-order valence-electron chi connectivity index (χ0n) is 10.9. The summed E-state index contributed by atoms with van der Waals surface area (Å²) in [6.07, 6.45) is 3.83. The number of hydrogen-bond donors (Lipinski definition) is 2. The van der Waals surface area contributed by atoms with Gasteiger partial charge in [-0.25, -0.2) is 13.1 Å². The quantitative estimate of drug-likeness (QED) is 0.760. The van der Waals surface area contributed by atoms with Crippen LogP contribution in [0.5, 0.6) is 0 Å². The number of nitrogens with one attached hydrogen (secondary N) is 1. The molecule has 1 aromatic carbocycles. The van der Waals surface area contributed by atoms with Crippen molar-refractivity contribution in [2.24, 2.45) is 5.41 Å². The van der Waals surface area contributed by atoms with Crippen molar-refractivity contribution >= 4 is 41.9 Å². The second-order valence-electron chi connectivity index (χ2n) is 5.26. The zero-order chi connectivity index (χ0) is 14.8. The Hall–Kier alpha value is 0.0500. The first-order valence-electron chi connectivity index (χ1n) is 6.44. The highest BCUT2D eigenvalue weighted by Crippen LogP contribution is 2.37. The summed E-state index contributed by atoms with van der Waals surface area (Å²) in [6.45, 7) is 0.311. The molecule has 0 radical (unpaired) electrons. The van der Waals surface area contributed by atoms with Crippen LogP contribution in [-0.2, 0) is 10.0 Å². The van der Waals surface area contributed by atoms with Gasteiger partial charge in [-0.3, -0.25) is 0 Å². The molecule has 1 fully saturated rings. The molecule has 1 aliphatic carbocycles. The summed E-state index contributed by atoms with van der Waals surface area (Å²) in [5.74, 6) is 0. The SMILES string of the molecule is O=S(=O)(NCC1(CO)CCCC1)c1ccc(Br)cc1Br. The second-order valence-corrected chi connectivity index (χ2v) is 8.77. The van der Waals surface area contributed by atoms with Gasteiger partial charge in [0.05, 0.1) is 4.90 Å². The molecule has 0 spiro atoms. The molecule has 0 unspecified atom stereocenters. The minimum absolute atomic E-state index is 0.0248. The van der Waals surface area contributed by atoms with Gasteiger partial charge in [0.1, 0.15) is 0 Å². The van der Waals surface area contributed by atoms with E-state index >= 15 is 0 Å². The molecular weight excluding hydrogens is 410 g/mol. The number of sulfonamides is 1. The third-order valence-corrected chi connectivity index (χ3v) is 6.69. The predicted molar refractivity (Wildman–Crippen MR) is 85.0 cm³/mol. The summed E-state index contributed by atoms with van der Waals surface area (Å²) in [7, 11) is -3.57. The van der Waals surface area contributed by atoms with Gasteiger partial charge >= 0.3 is 0 Å². The normalized spacial score (nSPS) is 18.4. The summed E-state index contributed by atoms with van der Waals surface area (Å²) >= 11 is 6.57. The van der Waals surface area contributed by atoms with E-state index in [1.165, 1.54) is 0 Å². The number of halogens is 2. The number of rotatable bonds is 5. The molecular formula is C13H17Br2NO3S. The molecule has 4 nitrogen and oxygen atoms in total. The van der Waals surface area contributed by atoms with E-state index in [0.29, 0.717) is 4.47 Å². The van der Waals surface area contributed by atoms with Gasteiger partial charge in [-0.05, 0) is 47.0 Å². The highest BCUT2D eigenvalue weighted by atomic mass is 79.9. The van der Waals surface area contributed by atoms with E-state index in [9.17, 15) is 13.5 Å². The second kappa shape index (κ2) is 6.44. The van der Waals surface area contributed by atoms with Crippen molar-refractivity contribution in [3.63, 3.8) is 0 Å². The topological polar surface area (TPSA) is 66.4 Å². The molecule has 0 aromatic heterocycles. The zero-order valence-corrected chi connectivity index (χ0v) is 14.9. The molecule has 7 heteroatoms. The molecule has 20 heavy (non-hydrogen) atoms. The summed E-state index contributed by atoms with van der Waals surface area (Å²) in [6, 6.07) is 4.94. The Bertz CT molecular complexity index is 583. The van der Waals surface area contributed by atoms with Crippen molar-refractivity contribution in [1.29, 1.82) is 0 Å². The molecule has 0 heterocycles. The van der Waals surface area contributed by atoms with E-state index < -0.39 is 10.0 Å². The van der Waals surface area contributed by atoms with E-state index in [1.807, 2.05) is 0 Å². The van der Waals surface area contributed by atoms with Crippen LogP contribution in [0.1, 0.15) is 25.7 Å². The lowest BCUT2D eigenvalue weighted by Crippen LogP contribution is -2.38. The molecule has 1 aliphatic rings. The third kappa shape index (κ3) is 3.62. The van der Waals surface area contributed by atoms with Crippen LogP contribution in [0.4, 0.5) is 0 Å². The van der Waals surface area contributed by atoms with Crippen molar-refractivity contribution in [2.45, 2.75) is 30.6 Å². The molecule has 2 N–H and O–H groups in total. The van der Waals surface area contributed by atoms with Gasteiger partial charge in [-0.2, -0.15) is 0 Å². The van der Waals surface area contributed by atoms with E-state index in [-0.39, 0.29) is 23.5 Å². The average Bonchev–Trinajstić information content (AvgIpc) is 2.85. The summed E-state index contributed by atoms with van der Waals surface area (Å²) < 4.78 is 28.6. The van der Waals surface area contributed by atoms with Gasteiger partial charge in [0.25, 0.3) is 0 Å². The van der Waals surface area contributed by atoms with E-state index in [0.717, 1.165) is 30.2 Å². The van der Waals surface area contributed by atoms with Crippen LogP contribution in [0.15, 0.2) is 32.0 Å². The lowest BCUT2D eigenvalue weighted by molar-refractivity contribution is 0.134. The highest BCUT2D eigenvalue weighted by molar-refractivity contribution is 9.11. The summed E-state index contributed by atoms with van der Waals surface area (Å²) in [5.41, 5.74) is -0.297. The Morgan fingerprint density at radius 2 is 1.90 bits per heavy atom. The Balaban J connectivity index is 2.15. The minimum atomic E-state index is -3.57. The number of aliphatic hydroxyl groups excluding tert-OH is 1. The van der Waals surface area contributed by atoms with Crippen molar-refractivity contribution in [2.75, 3.05) is 13.2 Å². The lowest BCUT2D eigenvalue weighted by Gasteiger charge is -2.26. The maximum absolute atomic E-state index is 12.3. The molecule has 0 bridgehead atoms. The Labute approximate surface area is 136 Å². The molecule has 0 aliphatic heterocycles. The van der Waals surface area contributed by atoms with Gasteiger partial charge in [0, 0.05) is 27.5 Å². The van der Waals surface area contributed by atoms with Crippen LogP contribution < -0.4 is 4.72 Å². The summed E-state index contributed by atoms with van der Waals surface area (Å²) in [5, 5.41) is 9.52. The fourth-order valence-electron chi connectivity index (χ4n) is 2.53. The summed E-state index contributed by atoms with van der Waals surface area (Å²) in [4.78, 5) is 0.215. The first kappa shape index (κ1) is 16.4. The van der Waals surface area contributed by atoms with Gasteiger partial charge in [0.2, 0.25) is 10.0 Å². The van der Waals surface area contributed by atoms with Crippen LogP contribution in [0.2, 0.25) is 0 Å². The van der Waals surface area contributed by atoms with Crippen molar-refractivity contribution in [3.05, 3.63) is 27.1 Å². The molecule has 1 aromatic rings. The average molecular weight is 427 g/mol. The third-order valence-electron chi connectivity index (χ3n) is 3.82. The fraction of sp³-hybridized carbons (Fsp3) is 0.538. The van der Waals surface area contributed by atoms with Crippen molar-refractivity contribution in [1.82, 2.24) is 4.72 Å².